The zero-order valence-corrected chi connectivity index (χ0v) is 19.3. The van der Waals surface area contributed by atoms with Gasteiger partial charge in [-0.15, -0.1) is 11.3 Å². The lowest BCUT2D eigenvalue weighted by molar-refractivity contribution is -0.116. The highest BCUT2D eigenvalue weighted by Gasteiger charge is 2.40. The molecule has 1 amide bonds. The molecule has 4 rings (SSSR count). The van der Waals surface area contributed by atoms with Crippen LogP contribution in [0.1, 0.15) is 47.1 Å². The maximum Gasteiger partial charge on any atom is 0.226 e. The lowest BCUT2D eigenvalue weighted by Crippen LogP contribution is -2.32. The quantitative estimate of drug-likeness (QED) is 0.495. The summed E-state index contributed by atoms with van der Waals surface area (Å²) >= 11 is 7.42. The van der Waals surface area contributed by atoms with E-state index >= 15 is 0 Å². The Morgan fingerprint density at radius 3 is 2.74 bits per heavy atom. The van der Waals surface area contributed by atoms with Crippen molar-refractivity contribution < 1.29 is 4.79 Å². The molecule has 0 radical (unpaired) electrons. The molecule has 1 aromatic carbocycles. The van der Waals surface area contributed by atoms with E-state index in [4.69, 9.17) is 12.2 Å². The molecule has 2 atom stereocenters. The third-order valence-corrected chi connectivity index (χ3v) is 7.06. The van der Waals surface area contributed by atoms with Crippen LogP contribution >= 0.6 is 23.6 Å². The summed E-state index contributed by atoms with van der Waals surface area (Å²) in [6, 6.07) is 16.0. The minimum absolute atomic E-state index is 0.00774. The summed E-state index contributed by atoms with van der Waals surface area (Å²) in [5.41, 5.74) is 4.20. The van der Waals surface area contributed by atoms with Crippen molar-refractivity contribution in [3.63, 3.8) is 0 Å². The molecule has 1 aliphatic heterocycles. The first-order valence-electron chi connectivity index (χ1n) is 10.5. The largest absolute Gasteiger partial charge is 0.352 e. The Morgan fingerprint density at radius 2 is 2.03 bits per heavy atom. The van der Waals surface area contributed by atoms with Gasteiger partial charge in [-0.25, -0.2) is 0 Å². The highest BCUT2D eigenvalue weighted by molar-refractivity contribution is 7.80. The molecule has 31 heavy (non-hydrogen) atoms. The zero-order valence-electron chi connectivity index (χ0n) is 17.7. The number of aromatic nitrogens is 1. The SMILES string of the molecule is CCc1ccccc1NC(=O)CCN1C(=S)N[C@H](c2ccccn2)[C@H]1c1sccc1C. The van der Waals surface area contributed by atoms with Gasteiger partial charge in [0.25, 0.3) is 0 Å². The van der Waals surface area contributed by atoms with Gasteiger partial charge >= 0.3 is 0 Å². The Balaban J connectivity index is 1.53. The molecule has 2 aromatic heterocycles. The molecule has 2 N–H and O–H groups in total. The molecule has 3 aromatic rings. The van der Waals surface area contributed by atoms with Gasteiger partial charge in [0.05, 0.1) is 17.8 Å². The van der Waals surface area contributed by atoms with Crippen LogP contribution in [0.15, 0.2) is 60.1 Å². The highest BCUT2D eigenvalue weighted by Crippen LogP contribution is 2.41. The van der Waals surface area contributed by atoms with Gasteiger partial charge < -0.3 is 15.5 Å². The number of carbonyl (C=O) groups is 1. The molecular weight excluding hydrogens is 424 g/mol. The molecule has 0 aliphatic carbocycles. The predicted octanol–water partition coefficient (Wildman–Crippen LogP) is 5.02. The van der Waals surface area contributed by atoms with E-state index in [9.17, 15) is 4.79 Å². The number of anilines is 1. The van der Waals surface area contributed by atoms with E-state index in [2.05, 4.69) is 45.8 Å². The van der Waals surface area contributed by atoms with Crippen LogP contribution in [0.3, 0.4) is 0 Å². The number of nitrogens with one attached hydrogen (secondary N) is 2. The van der Waals surface area contributed by atoms with Gasteiger partial charge in [-0.1, -0.05) is 31.2 Å². The summed E-state index contributed by atoms with van der Waals surface area (Å²) < 4.78 is 0. The normalized spacial score (nSPS) is 18.1. The molecule has 1 aliphatic rings. The highest BCUT2D eigenvalue weighted by atomic mass is 32.1. The van der Waals surface area contributed by atoms with Gasteiger partial charge in [0, 0.05) is 29.7 Å². The van der Waals surface area contributed by atoms with Crippen LogP contribution in [0, 0.1) is 6.92 Å². The van der Waals surface area contributed by atoms with E-state index in [1.165, 1.54) is 10.4 Å². The number of para-hydroxylation sites is 1. The second kappa shape index (κ2) is 9.58. The van der Waals surface area contributed by atoms with Gasteiger partial charge in [-0.05, 0) is 66.3 Å². The molecule has 0 bridgehead atoms. The first kappa shape index (κ1) is 21.5. The van der Waals surface area contributed by atoms with Crippen molar-refractivity contribution in [1.82, 2.24) is 15.2 Å². The maximum absolute atomic E-state index is 12.7. The topological polar surface area (TPSA) is 57.3 Å². The fourth-order valence-electron chi connectivity index (χ4n) is 4.00. The number of thiocarbonyl (C=S) groups is 1. The smallest absolute Gasteiger partial charge is 0.226 e. The summed E-state index contributed by atoms with van der Waals surface area (Å²) in [5, 5.41) is 9.28. The molecule has 1 saturated heterocycles. The minimum atomic E-state index is -0.0464. The molecule has 160 valence electrons. The summed E-state index contributed by atoms with van der Waals surface area (Å²) in [7, 11) is 0. The van der Waals surface area contributed by atoms with Gasteiger partial charge in [0.15, 0.2) is 5.11 Å². The Hall–Kier alpha value is -2.77. The Kier molecular flexibility index (Phi) is 6.63. The number of hydrogen-bond acceptors (Lipinski definition) is 4. The molecule has 0 saturated carbocycles. The van der Waals surface area contributed by atoms with Crippen LogP contribution in [0.2, 0.25) is 0 Å². The van der Waals surface area contributed by atoms with Crippen molar-refractivity contribution in [2.24, 2.45) is 0 Å². The number of benzene rings is 1. The Bertz CT molecular complexity index is 1070. The van der Waals surface area contributed by atoms with Crippen LogP contribution in [-0.2, 0) is 11.2 Å². The second-order valence-corrected chi connectivity index (χ2v) is 8.93. The van der Waals surface area contributed by atoms with Crippen molar-refractivity contribution in [2.75, 3.05) is 11.9 Å². The lowest BCUT2D eigenvalue weighted by Gasteiger charge is -2.27. The van der Waals surface area contributed by atoms with Crippen molar-refractivity contribution in [2.45, 2.75) is 38.8 Å². The average Bonchev–Trinajstić information content (AvgIpc) is 3.35. The van der Waals surface area contributed by atoms with E-state index in [0.717, 1.165) is 23.4 Å². The molecule has 1 fully saturated rings. The maximum atomic E-state index is 12.7. The summed E-state index contributed by atoms with van der Waals surface area (Å²) in [6.07, 6.45) is 3.04. The van der Waals surface area contributed by atoms with Gasteiger partial charge in [-0.3, -0.25) is 9.78 Å². The van der Waals surface area contributed by atoms with E-state index in [1.807, 2.05) is 42.5 Å². The number of pyridine rings is 1. The summed E-state index contributed by atoms with van der Waals surface area (Å²) in [5.74, 6) is -0.00774. The van der Waals surface area contributed by atoms with Crippen LogP contribution in [0.5, 0.6) is 0 Å². The predicted molar refractivity (Wildman–Crippen MR) is 130 cm³/mol. The van der Waals surface area contributed by atoms with Crippen molar-refractivity contribution >= 4 is 40.3 Å². The van der Waals surface area contributed by atoms with Gasteiger partial charge in [-0.2, -0.15) is 0 Å². The fourth-order valence-corrected chi connectivity index (χ4v) is 5.41. The first-order chi connectivity index (χ1) is 15.1. The number of rotatable bonds is 7. The van der Waals surface area contributed by atoms with Crippen molar-refractivity contribution in [1.29, 1.82) is 0 Å². The molecule has 0 unspecified atom stereocenters. The third-order valence-electron chi connectivity index (χ3n) is 5.62. The number of nitrogens with zero attached hydrogens (tertiary/aromatic N) is 2. The fraction of sp³-hybridized carbons (Fsp3) is 0.292. The molecular formula is C24H26N4OS2. The Labute approximate surface area is 192 Å². The average molecular weight is 451 g/mol. The molecule has 0 spiro atoms. The molecule has 3 heterocycles. The lowest BCUT2D eigenvalue weighted by atomic mass is 10.0. The standard InChI is InChI=1S/C24H26N4OS2/c1-3-17-8-4-5-9-18(17)26-20(29)11-14-28-22(23-16(2)12-15-31-23)21(27-24(28)30)19-10-6-7-13-25-19/h4-10,12-13,15,21-22H,3,11,14H2,1-2H3,(H,26,29)(H,27,30)/t21-,22+/m1/s1. The number of thiophene rings is 1. The summed E-state index contributed by atoms with van der Waals surface area (Å²) in [4.78, 5) is 20.7. The second-order valence-electron chi connectivity index (χ2n) is 7.60. The van der Waals surface area contributed by atoms with Crippen LogP contribution in [-0.4, -0.2) is 27.4 Å². The van der Waals surface area contributed by atoms with Gasteiger partial charge in [0.2, 0.25) is 5.91 Å². The summed E-state index contributed by atoms with van der Waals surface area (Å²) in [6.45, 7) is 4.75. The van der Waals surface area contributed by atoms with Crippen LogP contribution in [0.25, 0.3) is 0 Å². The number of amides is 1. The molecule has 7 heteroatoms. The van der Waals surface area contributed by atoms with Gasteiger partial charge in [0.1, 0.15) is 0 Å². The number of aryl methyl sites for hydroxylation is 2. The van der Waals surface area contributed by atoms with Crippen molar-refractivity contribution in [3.8, 4) is 0 Å². The third kappa shape index (κ3) is 4.62. The van der Waals surface area contributed by atoms with E-state index in [1.54, 1.807) is 17.5 Å². The van der Waals surface area contributed by atoms with E-state index < -0.39 is 0 Å². The van der Waals surface area contributed by atoms with E-state index in [-0.39, 0.29) is 18.0 Å². The monoisotopic (exact) mass is 450 g/mol. The van der Waals surface area contributed by atoms with Crippen LogP contribution in [0.4, 0.5) is 5.69 Å². The van der Waals surface area contributed by atoms with E-state index in [0.29, 0.717) is 18.1 Å². The number of carbonyl (C=O) groups excluding carboxylic acids is 1. The van der Waals surface area contributed by atoms with Crippen molar-refractivity contribution in [3.05, 3.63) is 81.8 Å². The molecule has 5 nitrogen and oxygen atoms in total. The van der Waals surface area contributed by atoms with Crippen LogP contribution < -0.4 is 10.6 Å². The Morgan fingerprint density at radius 1 is 1.23 bits per heavy atom. The minimum Gasteiger partial charge on any atom is -0.352 e. The zero-order chi connectivity index (χ0) is 21.8. The first-order valence-corrected chi connectivity index (χ1v) is 11.8. The number of hydrogen-bond donors (Lipinski definition) is 2.